The minimum Gasteiger partial charge on any atom is -0.496 e. The number of rotatable bonds is 4. The second kappa shape index (κ2) is 5.68. The van der Waals surface area contributed by atoms with Crippen LogP contribution in [0.1, 0.15) is 29.2 Å². The first-order chi connectivity index (χ1) is 7.99. The van der Waals surface area contributed by atoms with Gasteiger partial charge in [0.05, 0.1) is 26.7 Å². The number of methoxy groups -OCH3 is 2. The summed E-state index contributed by atoms with van der Waals surface area (Å²) in [5.41, 5.74) is 2.74. The van der Waals surface area contributed by atoms with Gasteiger partial charge in [-0.25, -0.2) is 0 Å². The number of ether oxygens (including phenoxy) is 2. The van der Waals surface area contributed by atoms with Crippen molar-refractivity contribution in [1.82, 2.24) is 0 Å². The number of hydrogen-bond acceptors (Lipinski definition) is 4. The molecule has 0 radical (unpaired) electrons. The van der Waals surface area contributed by atoms with Crippen LogP contribution in [0.3, 0.4) is 0 Å². The number of benzene rings is 1. The molecule has 0 aromatic heterocycles. The fraction of sp³-hybridized carbons (Fsp3) is 0.462. The summed E-state index contributed by atoms with van der Waals surface area (Å²) in [6.45, 7) is 3.91. The van der Waals surface area contributed by atoms with Crippen LogP contribution in [0.4, 0.5) is 0 Å². The summed E-state index contributed by atoms with van der Waals surface area (Å²) in [4.78, 5) is 11.1. The van der Waals surface area contributed by atoms with Crippen molar-refractivity contribution < 1.29 is 19.4 Å². The second-order valence-corrected chi connectivity index (χ2v) is 3.97. The molecule has 0 aliphatic heterocycles. The molecule has 1 rings (SSSR count). The highest BCUT2D eigenvalue weighted by Gasteiger charge is 2.18. The smallest absolute Gasteiger partial charge is 0.308 e. The molecule has 94 valence electrons. The van der Waals surface area contributed by atoms with E-state index in [9.17, 15) is 9.90 Å². The lowest BCUT2D eigenvalue weighted by Crippen LogP contribution is -2.09. The maximum absolute atomic E-state index is 11.1. The Balaban J connectivity index is 3.03. The Labute approximate surface area is 101 Å². The summed E-state index contributed by atoms with van der Waals surface area (Å²) in [6.07, 6.45) is -0.980. The van der Waals surface area contributed by atoms with E-state index < -0.39 is 12.1 Å². The van der Waals surface area contributed by atoms with Crippen LogP contribution in [0.2, 0.25) is 0 Å². The third-order valence-corrected chi connectivity index (χ3v) is 2.79. The molecule has 0 aliphatic rings. The average molecular weight is 238 g/mol. The summed E-state index contributed by atoms with van der Waals surface area (Å²) in [5.74, 6) is 0.141. The molecule has 1 atom stereocenters. The van der Waals surface area contributed by atoms with Crippen LogP contribution in [-0.2, 0) is 9.53 Å². The monoisotopic (exact) mass is 238 g/mol. The third-order valence-electron chi connectivity index (χ3n) is 2.79. The van der Waals surface area contributed by atoms with Gasteiger partial charge in [0, 0.05) is 5.56 Å². The quantitative estimate of drug-likeness (QED) is 0.814. The number of carbonyl (C=O) groups excluding carboxylic acids is 1. The molecule has 1 aromatic carbocycles. The van der Waals surface area contributed by atoms with Crippen molar-refractivity contribution in [3.8, 4) is 5.75 Å². The van der Waals surface area contributed by atoms with Crippen LogP contribution in [0.15, 0.2) is 12.1 Å². The number of hydrogen-bond donors (Lipinski definition) is 1. The molecule has 0 aliphatic carbocycles. The first-order valence-electron chi connectivity index (χ1n) is 5.39. The highest BCUT2D eigenvalue weighted by atomic mass is 16.5. The summed E-state index contributed by atoms with van der Waals surface area (Å²) in [5, 5.41) is 9.97. The highest BCUT2D eigenvalue weighted by Crippen LogP contribution is 2.30. The van der Waals surface area contributed by atoms with Crippen molar-refractivity contribution in [3.05, 3.63) is 28.8 Å². The van der Waals surface area contributed by atoms with Crippen LogP contribution in [-0.4, -0.2) is 25.3 Å². The van der Waals surface area contributed by atoms with Gasteiger partial charge in [-0.2, -0.15) is 0 Å². The zero-order valence-corrected chi connectivity index (χ0v) is 10.6. The predicted molar refractivity (Wildman–Crippen MR) is 64.1 cm³/mol. The van der Waals surface area contributed by atoms with E-state index in [1.165, 1.54) is 7.11 Å². The van der Waals surface area contributed by atoms with Gasteiger partial charge >= 0.3 is 5.97 Å². The van der Waals surface area contributed by atoms with E-state index >= 15 is 0 Å². The van der Waals surface area contributed by atoms with Crippen molar-refractivity contribution in [2.75, 3.05) is 14.2 Å². The van der Waals surface area contributed by atoms with E-state index in [0.29, 0.717) is 11.3 Å². The van der Waals surface area contributed by atoms with E-state index in [1.807, 2.05) is 26.0 Å². The Morgan fingerprint density at radius 2 is 1.88 bits per heavy atom. The Morgan fingerprint density at radius 1 is 1.29 bits per heavy atom. The first kappa shape index (κ1) is 13.5. The van der Waals surface area contributed by atoms with Gasteiger partial charge in [0.15, 0.2) is 0 Å². The van der Waals surface area contributed by atoms with Gasteiger partial charge in [-0.05, 0) is 37.1 Å². The number of aliphatic hydroxyl groups excluding tert-OH is 1. The van der Waals surface area contributed by atoms with Crippen LogP contribution in [0.25, 0.3) is 0 Å². The fourth-order valence-corrected chi connectivity index (χ4v) is 1.60. The van der Waals surface area contributed by atoms with E-state index in [0.717, 1.165) is 11.1 Å². The lowest BCUT2D eigenvalue weighted by molar-refractivity contribution is -0.142. The molecule has 1 aromatic rings. The van der Waals surface area contributed by atoms with Gasteiger partial charge < -0.3 is 14.6 Å². The molecule has 0 spiro atoms. The zero-order valence-electron chi connectivity index (χ0n) is 10.6. The van der Waals surface area contributed by atoms with Gasteiger partial charge in [0.1, 0.15) is 5.75 Å². The van der Waals surface area contributed by atoms with E-state index in [4.69, 9.17) is 4.74 Å². The molecule has 0 fully saturated rings. The standard InChI is InChI=1S/C13H18O4/c1-8-5-10(11(14)7-13(15)17-4)12(16-3)6-9(8)2/h5-6,11,14H,7H2,1-4H3/t11-/m1/s1. The lowest BCUT2D eigenvalue weighted by Gasteiger charge is -2.16. The predicted octanol–water partition coefficient (Wildman–Crippen LogP) is 1.91. The molecule has 4 nitrogen and oxygen atoms in total. The van der Waals surface area contributed by atoms with Gasteiger partial charge in [0.25, 0.3) is 0 Å². The molecule has 0 saturated carbocycles. The number of aryl methyl sites for hydroxylation is 2. The molecule has 0 unspecified atom stereocenters. The van der Waals surface area contributed by atoms with Gasteiger partial charge in [-0.1, -0.05) is 0 Å². The summed E-state index contributed by atoms with van der Waals surface area (Å²) in [6, 6.07) is 3.69. The van der Waals surface area contributed by atoms with Crippen molar-refractivity contribution in [1.29, 1.82) is 0 Å². The first-order valence-corrected chi connectivity index (χ1v) is 5.39. The van der Waals surface area contributed by atoms with E-state index in [-0.39, 0.29) is 6.42 Å². The summed E-state index contributed by atoms with van der Waals surface area (Å²) >= 11 is 0. The van der Waals surface area contributed by atoms with Crippen LogP contribution < -0.4 is 4.74 Å². The molecule has 0 saturated heterocycles. The lowest BCUT2D eigenvalue weighted by atomic mass is 9.99. The summed E-state index contributed by atoms with van der Waals surface area (Å²) < 4.78 is 9.74. The van der Waals surface area contributed by atoms with Crippen molar-refractivity contribution in [2.45, 2.75) is 26.4 Å². The number of esters is 1. The number of aliphatic hydroxyl groups is 1. The molecule has 0 amide bonds. The minimum absolute atomic E-state index is 0.0740. The van der Waals surface area contributed by atoms with Crippen molar-refractivity contribution in [2.24, 2.45) is 0 Å². The Bertz CT molecular complexity index is 412. The van der Waals surface area contributed by atoms with Crippen molar-refractivity contribution in [3.63, 3.8) is 0 Å². The second-order valence-electron chi connectivity index (χ2n) is 3.97. The average Bonchev–Trinajstić information content (AvgIpc) is 2.31. The Morgan fingerprint density at radius 3 is 2.41 bits per heavy atom. The fourth-order valence-electron chi connectivity index (χ4n) is 1.60. The topological polar surface area (TPSA) is 55.8 Å². The SMILES string of the molecule is COC(=O)C[C@@H](O)c1cc(C)c(C)cc1OC. The molecule has 4 heteroatoms. The van der Waals surface area contributed by atoms with Crippen LogP contribution >= 0.6 is 0 Å². The zero-order chi connectivity index (χ0) is 13.0. The van der Waals surface area contributed by atoms with E-state index in [1.54, 1.807) is 7.11 Å². The molecule has 17 heavy (non-hydrogen) atoms. The molecular weight excluding hydrogens is 220 g/mol. The summed E-state index contributed by atoms with van der Waals surface area (Å²) in [7, 11) is 2.84. The van der Waals surface area contributed by atoms with Crippen LogP contribution in [0, 0.1) is 13.8 Å². The Kier molecular flexibility index (Phi) is 4.52. The molecule has 1 N–H and O–H groups in total. The number of carbonyl (C=O) groups is 1. The van der Waals surface area contributed by atoms with Gasteiger partial charge in [0.2, 0.25) is 0 Å². The molecular formula is C13H18O4. The molecule has 0 heterocycles. The van der Waals surface area contributed by atoms with Crippen molar-refractivity contribution >= 4 is 5.97 Å². The molecule has 0 bridgehead atoms. The third kappa shape index (κ3) is 3.20. The van der Waals surface area contributed by atoms with Gasteiger partial charge in [-0.3, -0.25) is 4.79 Å². The van der Waals surface area contributed by atoms with E-state index in [2.05, 4.69) is 4.74 Å². The maximum Gasteiger partial charge on any atom is 0.308 e. The maximum atomic E-state index is 11.1. The van der Waals surface area contributed by atoms with Crippen LogP contribution in [0.5, 0.6) is 5.75 Å². The highest BCUT2D eigenvalue weighted by molar-refractivity contribution is 5.70. The Hall–Kier alpha value is -1.55. The minimum atomic E-state index is -0.906. The largest absolute Gasteiger partial charge is 0.496 e. The normalized spacial score (nSPS) is 12.1. The van der Waals surface area contributed by atoms with Gasteiger partial charge in [-0.15, -0.1) is 0 Å².